The second kappa shape index (κ2) is 6.67. The van der Waals surface area contributed by atoms with Gasteiger partial charge in [0.2, 0.25) is 0 Å². The van der Waals surface area contributed by atoms with Gasteiger partial charge in [-0.15, -0.1) is 11.3 Å². The summed E-state index contributed by atoms with van der Waals surface area (Å²) in [5.41, 5.74) is 5.52. The Hall–Kier alpha value is -1.95. The van der Waals surface area contributed by atoms with Crippen molar-refractivity contribution < 1.29 is 18.0 Å². The van der Waals surface area contributed by atoms with Crippen LogP contribution >= 0.6 is 11.3 Å². The molecule has 0 aliphatic rings. The zero-order chi connectivity index (χ0) is 16.2. The third-order valence-electron chi connectivity index (χ3n) is 2.54. The maximum absolute atomic E-state index is 12.4. The Bertz CT molecular complexity index is 562. The van der Waals surface area contributed by atoms with Crippen LogP contribution in [0.5, 0.6) is 0 Å². The van der Waals surface area contributed by atoms with Crippen LogP contribution in [0.25, 0.3) is 0 Å². The second-order valence-corrected chi connectivity index (χ2v) is 5.36. The lowest BCUT2D eigenvalue weighted by atomic mass is 10.2. The molecule has 1 amide bonds. The topological polar surface area (TPSA) is 82.2 Å². The van der Waals surface area contributed by atoms with Gasteiger partial charge in [0, 0.05) is 13.6 Å². The molecule has 0 bridgehead atoms. The average molecular weight is 320 g/mol. The maximum atomic E-state index is 12.4. The number of carbonyl (C=O) groups excluding carboxylic acids is 1. The van der Waals surface area contributed by atoms with E-state index < -0.39 is 18.6 Å². The van der Waals surface area contributed by atoms with Gasteiger partial charge in [-0.25, -0.2) is 0 Å². The van der Waals surface area contributed by atoms with Gasteiger partial charge in [-0.2, -0.15) is 18.4 Å². The van der Waals surface area contributed by atoms with E-state index in [2.05, 4.69) is 5.32 Å². The van der Waals surface area contributed by atoms with Crippen molar-refractivity contribution >= 4 is 27.9 Å². The fraction of sp³-hybridized carbons (Fsp3) is 0.500. The molecule has 0 aliphatic carbocycles. The van der Waals surface area contributed by atoms with Crippen molar-refractivity contribution in [1.29, 1.82) is 5.26 Å². The van der Waals surface area contributed by atoms with Crippen LogP contribution in [-0.4, -0.2) is 32.2 Å². The van der Waals surface area contributed by atoms with Crippen LogP contribution in [-0.2, 0) is 0 Å². The molecule has 0 saturated carbocycles. The highest BCUT2D eigenvalue weighted by Crippen LogP contribution is 2.38. The highest BCUT2D eigenvalue weighted by molar-refractivity contribution is 7.19. The van der Waals surface area contributed by atoms with E-state index in [0.717, 1.165) is 16.2 Å². The van der Waals surface area contributed by atoms with Gasteiger partial charge in [0.05, 0.1) is 5.69 Å². The molecule has 0 aromatic carbocycles. The number of nitrogens with zero attached hydrogens (tertiary/aromatic N) is 2. The van der Waals surface area contributed by atoms with E-state index in [1.807, 2.05) is 6.92 Å². The summed E-state index contributed by atoms with van der Waals surface area (Å²) in [6, 6.07) is 1.76. The highest BCUT2D eigenvalue weighted by Gasteiger charge is 2.32. The van der Waals surface area contributed by atoms with Crippen LogP contribution in [0.2, 0.25) is 0 Å². The van der Waals surface area contributed by atoms with Crippen molar-refractivity contribution in [3.63, 3.8) is 0 Å². The molecule has 1 aromatic rings. The minimum atomic E-state index is -4.41. The van der Waals surface area contributed by atoms with Gasteiger partial charge >= 0.3 is 6.18 Å². The molecule has 21 heavy (non-hydrogen) atoms. The van der Waals surface area contributed by atoms with E-state index in [0.29, 0.717) is 13.0 Å². The number of anilines is 2. The van der Waals surface area contributed by atoms with Crippen LogP contribution in [0.3, 0.4) is 0 Å². The predicted octanol–water partition coefficient (Wildman–Crippen LogP) is 2.34. The molecule has 0 saturated heterocycles. The first-order valence-electron chi connectivity index (χ1n) is 6.09. The Morgan fingerprint density at radius 2 is 2.14 bits per heavy atom. The van der Waals surface area contributed by atoms with Crippen LogP contribution < -0.4 is 16.0 Å². The molecule has 1 heterocycles. The number of nitrogens with one attached hydrogen (secondary N) is 1. The number of halogens is 3. The van der Waals surface area contributed by atoms with E-state index in [-0.39, 0.29) is 21.1 Å². The molecule has 9 heteroatoms. The van der Waals surface area contributed by atoms with Crippen molar-refractivity contribution in [2.45, 2.75) is 19.5 Å². The van der Waals surface area contributed by atoms with Crippen LogP contribution in [0, 0.1) is 11.3 Å². The van der Waals surface area contributed by atoms with Gasteiger partial charge in [0.25, 0.3) is 5.91 Å². The zero-order valence-electron chi connectivity index (χ0n) is 11.5. The summed E-state index contributed by atoms with van der Waals surface area (Å²) < 4.78 is 37.3. The quantitative estimate of drug-likeness (QED) is 0.872. The number of nitrogen functional groups attached to an aromatic ring is 1. The third kappa shape index (κ3) is 4.26. The summed E-state index contributed by atoms with van der Waals surface area (Å²) in [5.74, 6) is -0.484. The van der Waals surface area contributed by atoms with Crippen molar-refractivity contribution in [2.75, 3.05) is 30.8 Å². The summed E-state index contributed by atoms with van der Waals surface area (Å²) >= 11 is 0.784. The molecular formula is C12H15F3N4OS. The normalized spacial score (nSPS) is 11.0. The predicted molar refractivity (Wildman–Crippen MR) is 75.4 cm³/mol. The Labute approximate surface area is 124 Å². The molecule has 0 spiro atoms. The Balaban J connectivity index is 3.12. The van der Waals surface area contributed by atoms with E-state index in [9.17, 15) is 18.0 Å². The summed E-state index contributed by atoms with van der Waals surface area (Å²) in [7, 11) is 1.20. The number of hydrogen-bond acceptors (Lipinski definition) is 5. The van der Waals surface area contributed by atoms with Crippen molar-refractivity contribution in [3.05, 3.63) is 10.4 Å². The van der Waals surface area contributed by atoms with Crippen LogP contribution in [0.1, 0.15) is 28.6 Å². The summed E-state index contributed by atoms with van der Waals surface area (Å²) in [6.45, 7) is 1.06. The molecule has 116 valence electrons. The Kier molecular flexibility index (Phi) is 5.43. The summed E-state index contributed by atoms with van der Waals surface area (Å²) in [4.78, 5) is 12.8. The number of nitrogens with two attached hydrogens (primary N) is 1. The highest BCUT2D eigenvalue weighted by atomic mass is 32.1. The first-order chi connectivity index (χ1) is 9.71. The SMILES string of the molecule is CCCNC(=O)c1sc(N(C)CC(F)(F)F)c(C#N)c1N. The van der Waals surface area contributed by atoms with Crippen LogP contribution in [0.4, 0.5) is 23.9 Å². The van der Waals surface area contributed by atoms with Crippen LogP contribution in [0.15, 0.2) is 0 Å². The molecule has 0 fully saturated rings. The van der Waals surface area contributed by atoms with Gasteiger partial charge in [-0.05, 0) is 6.42 Å². The van der Waals surface area contributed by atoms with E-state index in [1.165, 1.54) is 7.05 Å². The lowest BCUT2D eigenvalue weighted by molar-refractivity contribution is -0.119. The van der Waals surface area contributed by atoms with Crippen molar-refractivity contribution in [2.24, 2.45) is 0 Å². The molecule has 0 unspecified atom stereocenters. The van der Waals surface area contributed by atoms with Gasteiger partial charge in [0.1, 0.15) is 28.1 Å². The number of alkyl halides is 3. The largest absolute Gasteiger partial charge is 0.405 e. The number of nitriles is 1. The standard InChI is InChI=1S/C12H15F3N4OS/c1-3-4-18-10(20)9-8(17)7(5-16)11(21-9)19(2)6-12(13,14)15/h3-4,6,17H2,1-2H3,(H,18,20). The Morgan fingerprint density at radius 1 is 1.52 bits per heavy atom. The number of amides is 1. The van der Waals surface area contributed by atoms with Gasteiger partial charge in [-0.3, -0.25) is 4.79 Å². The van der Waals surface area contributed by atoms with Crippen molar-refractivity contribution in [3.8, 4) is 6.07 Å². The smallest absolute Gasteiger partial charge is 0.396 e. The first kappa shape index (κ1) is 17.1. The molecule has 0 radical (unpaired) electrons. The minimum absolute atomic E-state index is 0.0361. The van der Waals surface area contributed by atoms with Gasteiger partial charge in [0.15, 0.2) is 0 Å². The molecule has 1 aromatic heterocycles. The summed E-state index contributed by atoms with van der Waals surface area (Å²) in [5, 5.41) is 11.7. The maximum Gasteiger partial charge on any atom is 0.405 e. The number of thiophene rings is 1. The molecule has 0 aliphatic heterocycles. The molecule has 5 nitrogen and oxygen atoms in total. The second-order valence-electron chi connectivity index (χ2n) is 4.36. The number of carbonyl (C=O) groups is 1. The lowest BCUT2D eigenvalue weighted by Crippen LogP contribution is -2.30. The van der Waals surface area contributed by atoms with Gasteiger partial charge < -0.3 is 16.0 Å². The van der Waals surface area contributed by atoms with E-state index in [4.69, 9.17) is 11.0 Å². The average Bonchev–Trinajstić information content (AvgIpc) is 2.71. The molecule has 3 N–H and O–H groups in total. The molecule has 1 rings (SSSR count). The van der Waals surface area contributed by atoms with E-state index in [1.54, 1.807) is 6.07 Å². The Morgan fingerprint density at radius 3 is 2.62 bits per heavy atom. The number of rotatable bonds is 5. The zero-order valence-corrected chi connectivity index (χ0v) is 12.4. The fourth-order valence-electron chi connectivity index (χ4n) is 1.64. The van der Waals surface area contributed by atoms with Gasteiger partial charge in [-0.1, -0.05) is 6.92 Å². The third-order valence-corrected chi connectivity index (χ3v) is 3.86. The minimum Gasteiger partial charge on any atom is -0.396 e. The number of hydrogen-bond donors (Lipinski definition) is 2. The molecule has 0 atom stereocenters. The summed E-state index contributed by atoms with van der Waals surface area (Å²) in [6.07, 6.45) is -3.70. The fourth-order valence-corrected chi connectivity index (χ4v) is 2.68. The van der Waals surface area contributed by atoms with Crippen molar-refractivity contribution in [1.82, 2.24) is 5.32 Å². The molecular weight excluding hydrogens is 305 g/mol. The monoisotopic (exact) mass is 320 g/mol. The van der Waals surface area contributed by atoms with E-state index >= 15 is 0 Å². The lowest BCUT2D eigenvalue weighted by Gasteiger charge is -2.19. The first-order valence-corrected chi connectivity index (χ1v) is 6.91.